The first-order chi connectivity index (χ1) is 9.67. The molecule has 1 aliphatic heterocycles. The van der Waals surface area contributed by atoms with Gasteiger partial charge in [-0.05, 0) is 30.9 Å². The van der Waals surface area contributed by atoms with Crippen molar-refractivity contribution in [3.05, 3.63) is 35.4 Å². The van der Waals surface area contributed by atoms with E-state index < -0.39 is 0 Å². The van der Waals surface area contributed by atoms with E-state index in [0.717, 1.165) is 19.4 Å². The lowest BCUT2D eigenvalue weighted by Gasteiger charge is -2.35. The molecule has 0 saturated carbocycles. The number of ether oxygens (including phenoxy) is 1. The van der Waals surface area contributed by atoms with Gasteiger partial charge in [-0.25, -0.2) is 0 Å². The fourth-order valence-corrected chi connectivity index (χ4v) is 2.88. The van der Waals surface area contributed by atoms with Crippen LogP contribution in [0.1, 0.15) is 43.9 Å². The highest BCUT2D eigenvalue weighted by Crippen LogP contribution is 2.26. The van der Waals surface area contributed by atoms with Crippen LogP contribution < -0.4 is 0 Å². The van der Waals surface area contributed by atoms with E-state index in [-0.39, 0.29) is 17.9 Å². The number of hydrogen-bond acceptors (Lipinski definition) is 2. The first-order valence-electron chi connectivity index (χ1n) is 7.63. The maximum Gasteiger partial charge on any atom is 0.225 e. The maximum absolute atomic E-state index is 12.5. The molecule has 1 fully saturated rings. The smallest absolute Gasteiger partial charge is 0.225 e. The van der Waals surface area contributed by atoms with Gasteiger partial charge in [-0.2, -0.15) is 0 Å². The van der Waals surface area contributed by atoms with Gasteiger partial charge in [0.1, 0.15) is 6.10 Å². The van der Waals surface area contributed by atoms with E-state index >= 15 is 0 Å². The standard InChI is InChI=1S/C17H25NO2/c1-4-14(5-2)17(19)18-10-11-20-16(12-18)15-9-7-6-8-13(15)3/h6-9,14,16H,4-5,10-12H2,1-3H3. The van der Waals surface area contributed by atoms with Crippen molar-refractivity contribution in [2.75, 3.05) is 19.7 Å². The highest BCUT2D eigenvalue weighted by atomic mass is 16.5. The molecule has 0 aliphatic carbocycles. The van der Waals surface area contributed by atoms with Gasteiger partial charge >= 0.3 is 0 Å². The Labute approximate surface area is 121 Å². The minimum absolute atomic E-state index is 0.0169. The fourth-order valence-electron chi connectivity index (χ4n) is 2.88. The molecule has 20 heavy (non-hydrogen) atoms. The highest BCUT2D eigenvalue weighted by Gasteiger charge is 2.28. The summed E-state index contributed by atoms with van der Waals surface area (Å²) in [5.74, 6) is 0.447. The molecule has 0 N–H and O–H groups in total. The molecule has 0 spiro atoms. The molecule has 2 rings (SSSR count). The lowest BCUT2D eigenvalue weighted by molar-refractivity contribution is -0.143. The normalized spacial score (nSPS) is 19.4. The number of benzene rings is 1. The van der Waals surface area contributed by atoms with Crippen molar-refractivity contribution in [1.82, 2.24) is 4.90 Å². The second-order valence-corrected chi connectivity index (χ2v) is 5.51. The van der Waals surface area contributed by atoms with E-state index in [9.17, 15) is 4.79 Å². The Bertz CT molecular complexity index is 454. The molecular weight excluding hydrogens is 250 g/mol. The summed E-state index contributed by atoms with van der Waals surface area (Å²) in [5, 5.41) is 0. The van der Waals surface area contributed by atoms with E-state index in [1.165, 1.54) is 11.1 Å². The number of rotatable bonds is 4. The second kappa shape index (κ2) is 6.89. The molecule has 3 nitrogen and oxygen atoms in total. The quantitative estimate of drug-likeness (QED) is 0.843. The van der Waals surface area contributed by atoms with Crippen molar-refractivity contribution < 1.29 is 9.53 Å². The van der Waals surface area contributed by atoms with E-state index in [2.05, 4.69) is 32.9 Å². The van der Waals surface area contributed by atoms with E-state index in [0.29, 0.717) is 13.2 Å². The predicted molar refractivity (Wildman–Crippen MR) is 80.5 cm³/mol. The monoisotopic (exact) mass is 275 g/mol. The SMILES string of the molecule is CCC(CC)C(=O)N1CCOC(c2ccccc2C)C1. The first kappa shape index (κ1) is 15.0. The van der Waals surface area contributed by atoms with E-state index in [4.69, 9.17) is 4.74 Å². The molecule has 0 aromatic heterocycles. The molecule has 1 atom stereocenters. The highest BCUT2D eigenvalue weighted by molar-refractivity contribution is 5.78. The molecule has 1 aromatic carbocycles. The third-order valence-corrected chi connectivity index (χ3v) is 4.25. The first-order valence-corrected chi connectivity index (χ1v) is 7.63. The van der Waals surface area contributed by atoms with Crippen LogP contribution in [0.2, 0.25) is 0 Å². The van der Waals surface area contributed by atoms with Crippen molar-refractivity contribution >= 4 is 5.91 Å². The molecule has 1 aliphatic rings. The third-order valence-electron chi connectivity index (χ3n) is 4.25. The van der Waals surface area contributed by atoms with Crippen LogP contribution in [0.3, 0.4) is 0 Å². The molecule has 1 amide bonds. The van der Waals surface area contributed by atoms with Gasteiger partial charge in [0.05, 0.1) is 13.2 Å². The molecule has 110 valence electrons. The van der Waals surface area contributed by atoms with Crippen LogP contribution in [-0.4, -0.2) is 30.5 Å². The zero-order valence-corrected chi connectivity index (χ0v) is 12.8. The van der Waals surface area contributed by atoms with Gasteiger partial charge in [-0.1, -0.05) is 38.1 Å². The lowest BCUT2D eigenvalue weighted by Crippen LogP contribution is -2.44. The largest absolute Gasteiger partial charge is 0.370 e. The number of carbonyl (C=O) groups excluding carboxylic acids is 1. The zero-order chi connectivity index (χ0) is 14.5. The summed E-state index contributed by atoms with van der Waals surface area (Å²) in [5.41, 5.74) is 2.43. The maximum atomic E-state index is 12.5. The van der Waals surface area contributed by atoms with Gasteiger partial charge in [0, 0.05) is 12.5 Å². The second-order valence-electron chi connectivity index (χ2n) is 5.51. The third kappa shape index (κ3) is 3.21. The average Bonchev–Trinajstić information content (AvgIpc) is 2.49. The van der Waals surface area contributed by atoms with Crippen LogP contribution in [0, 0.1) is 12.8 Å². The van der Waals surface area contributed by atoms with Crippen molar-refractivity contribution in [3.8, 4) is 0 Å². The van der Waals surface area contributed by atoms with Crippen LogP contribution >= 0.6 is 0 Å². The summed E-state index contributed by atoms with van der Waals surface area (Å²) in [6.07, 6.45) is 1.85. The summed E-state index contributed by atoms with van der Waals surface area (Å²) in [6.45, 7) is 8.31. The molecule has 3 heteroatoms. The van der Waals surface area contributed by atoms with Crippen LogP contribution in [-0.2, 0) is 9.53 Å². The topological polar surface area (TPSA) is 29.5 Å². The Kier molecular flexibility index (Phi) is 5.18. The summed E-state index contributed by atoms with van der Waals surface area (Å²) < 4.78 is 5.88. The predicted octanol–water partition coefficient (Wildman–Crippen LogP) is 3.33. The minimum Gasteiger partial charge on any atom is -0.370 e. The Morgan fingerprint density at radius 1 is 1.35 bits per heavy atom. The summed E-state index contributed by atoms with van der Waals surface area (Å²) in [7, 11) is 0. The van der Waals surface area contributed by atoms with Crippen molar-refractivity contribution in [2.24, 2.45) is 5.92 Å². The number of morpholine rings is 1. The fraction of sp³-hybridized carbons (Fsp3) is 0.588. The minimum atomic E-state index is 0.0169. The van der Waals surface area contributed by atoms with E-state index in [1.807, 2.05) is 17.0 Å². The van der Waals surface area contributed by atoms with Crippen molar-refractivity contribution in [2.45, 2.75) is 39.7 Å². The Morgan fingerprint density at radius 3 is 2.70 bits per heavy atom. The summed E-state index contributed by atoms with van der Waals surface area (Å²) in [4.78, 5) is 14.5. The van der Waals surface area contributed by atoms with Crippen LogP contribution in [0.15, 0.2) is 24.3 Å². The molecule has 1 unspecified atom stereocenters. The molecule has 0 bridgehead atoms. The summed E-state index contributed by atoms with van der Waals surface area (Å²) in [6, 6.07) is 8.27. The molecule has 1 saturated heterocycles. The van der Waals surface area contributed by atoms with Crippen molar-refractivity contribution in [3.63, 3.8) is 0 Å². The Morgan fingerprint density at radius 2 is 2.05 bits per heavy atom. The Balaban J connectivity index is 2.09. The van der Waals surface area contributed by atoms with Crippen LogP contribution in [0.4, 0.5) is 0 Å². The molecule has 1 aromatic rings. The summed E-state index contributed by atoms with van der Waals surface area (Å²) >= 11 is 0. The number of hydrogen-bond donors (Lipinski definition) is 0. The van der Waals surface area contributed by atoms with Gasteiger partial charge in [0.2, 0.25) is 5.91 Å². The van der Waals surface area contributed by atoms with Crippen molar-refractivity contribution in [1.29, 1.82) is 0 Å². The Hall–Kier alpha value is -1.35. The molecular formula is C17H25NO2. The van der Waals surface area contributed by atoms with Gasteiger partial charge < -0.3 is 9.64 Å². The van der Waals surface area contributed by atoms with Gasteiger partial charge in [-0.15, -0.1) is 0 Å². The number of amides is 1. The number of nitrogens with zero attached hydrogens (tertiary/aromatic N) is 1. The number of aryl methyl sites for hydroxylation is 1. The lowest BCUT2D eigenvalue weighted by atomic mass is 9.99. The van der Waals surface area contributed by atoms with Crippen LogP contribution in [0.25, 0.3) is 0 Å². The average molecular weight is 275 g/mol. The van der Waals surface area contributed by atoms with Gasteiger partial charge in [0.25, 0.3) is 0 Å². The number of carbonyl (C=O) groups is 1. The zero-order valence-electron chi connectivity index (χ0n) is 12.8. The van der Waals surface area contributed by atoms with Gasteiger partial charge in [0.15, 0.2) is 0 Å². The van der Waals surface area contributed by atoms with E-state index in [1.54, 1.807) is 0 Å². The van der Waals surface area contributed by atoms with Gasteiger partial charge in [-0.3, -0.25) is 4.79 Å². The molecule has 1 heterocycles. The molecule has 0 radical (unpaired) electrons. The van der Waals surface area contributed by atoms with Crippen LogP contribution in [0.5, 0.6) is 0 Å².